The molecule has 2 saturated heterocycles. The molecule has 1 aromatic carbocycles. The zero-order valence-electron chi connectivity index (χ0n) is 17.8. The summed E-state index contributed by atoms with van der Waals surface area (Å²) in [6.45, 7) is 9.34. The van der Waals surface area contributed by atoms with E-state index in [1.807, 2.05) is 11.3 Å². The van der Waals surface area contributed by atoms with Gasteiger partial charge in [0, 0.05) is 44.5 Å². The quantitative estimate of drug-likeness (QED) is 0.547. The highest BCUT2D eigenvalue weighted by atomic mass is 32.1. The van der Waals surface area contributed by atoms with Crippen molar-refractivity contribution in [1.82, 2.24) is 10.6 Å². The third-order valence-electron chi connectivity index (χ3n) is 5.75. The third kappa shape index (κ3) is 5.46. The van der Waals surface area contributed by atoms with Crippen LogP contribution in [0.3, 0.4) is 0 Å². The normalized spacial score (nSPS) is 18.5. The van der Waals surface area contributed by atoms with Crippen LogP contribution in [0.2, 0.25) is 0 Å². The van der Waals surface area contributed by atoms with E-state index in [1.54, 1.807) is 0 Å². The van der Waals surface area contributed by atoms with Gasteiger partial charge in [-0.2, -0.15) is 0 Å². The molecule has 3 heterocycles. The monoisotopic (exact) mass is 427 g/mol. The van der Waals surface area contributed by atoms with Gasteiger partial charge in [-0.1, -0.05) is 18.2 Å². The van der Waals surface area contributed by atoms with Gasteiger partial charge in [-0.15, -0.1) is 11.3 Å². The molecule has 2 N–H and O–H groups in total. The van der Waals surface area contributed by atoms with E-state index in [0.717, 1.165) is 64.7 Å². The van der Waals surface area contributed by atoms with Gasteiger partial charge >= 0.3 is 0 Å². The van der Waals surface area contributed by atoms with Crippen molar-refractivity contribution in [3.8, 4) is 0 Å². The third-order valence-corrected chi connectivity index (χ3v) is 6.68. The maximum Gasteiger partial charge on any atom is 0.191 e. The average Bonchev–Trinajstić information content (AvgIpc) is 3.34. The highest BCUT2D eigenvalue weighted by Gasteiger charge is 2.21. The Morgan fingerprint density at radius 2 is 1.87 bits per heavy atom. The molecule has 0 aliphatic carbocycles. The van der Waals surface area contributed by atoms with Crippen molar-refractivity contribution >= 4 is 28.0 Å². The molecule has 2 aromatic rings. The van der Waals surface area contributed by atoms with Crippen LogP contribution in [0.1, 0.15) is 25.3 Å². The SMILES string of the molecule is CCNC(=NCc1ccccc1N1CCOCC1)NC1CCN(c2cccs2)CC1. The molecule has 0 amide bonds. The summed E-state index contributed by atoms with van der Waals surface area (Å²) in [5.74, 6) is 0.920. The number of piperidine rings is 1. The lowest BCUT2D eigenvalue weighted by molar-refractivity contribution is 0.122. The molecule has 162 valence electrons. The Bertz CT molecular complexity index is 796. The zero-order chi connectivity index (χ0) is 20.6. The summed E-state index contributed by atoms with van der Waals surface area (Å²) in [4.78, 5) is 9.83. The summed E-state index contributed by atoms with van der Waals surface area (Å²) in [5.41, 5.74) is 2.55. The van der Waals surface area contributed by atoms with Gasteiger partial charge < -0.3 is 25.2 Å². The molecular formula is C23H33N5OS. The van der Waals surface area contributed by atoms with Crippen LogP contribution in [0.4, 0.5) is 10.7 Å². The zero-order valence-corrected chi connectivity index (χ0v) is 18.7. The number of ether oxygens (including phenoxy) is 1. The molecular weight excluding hydrogens is 394 g/mol. The topological polar surface area (TPSA) is 52.1 Å². The highest BCUT2D eigenvalue weighted by Crippen LogP contribution is 2.25. The fourth-order valence-corrected chi connectivity index (χ4v) is 4.91. The molecule has 2 aliphatic heterocycles. The van der Waals surface area contributed by atoms with E-state index in [9.17, 15) is 0 Å². The van der Waals surface area contributed by atoms with E-state index >= 15 is 0 Å². The van der Waals surface area contributed by atoms with E-state index in [4.69, 9.17) is 9.73 Å². The molecule has 7 heteroatoms. The minimum atomic E-state index is 0.466. The van der Waals surface area contributed by atoms with Crippen LogP contribution in [0.5, 0.6) is 0 Å². The lowest BCUT2D eigenvalue weighted by Crippen LogP contribution is -2.48. The number of morpholine rings is 1. The number of hydrogen-bond acceptors (Lipinski definition) is 5. The summed E-state index contributed by atoms with van der Waals surface area (Å²) in [7, 11) is 0. The molecule has 6 nitrogen and oxygen atoms in total. The number of thiophene rings is 1. The molecule has 0 spiro atoms. The van der Waals surface area contributed by atoms with Gasteiger partial charge in [0.25, 0.3) is 0 Å². The van der Waals surface area contributed by atoms with Crippen LogP contribution in [0.15, 0.2) is 46.8 Å². The van der Waals surface area contributed by atoms with Gasteiger partial charge in [-0.3, -0.25) is 0 Å². The van der Waals surface area contributed by atoms with Crippen LogP contribution in [-0.4, -0.2) is 57.9 Å². The van der Waals surface area contributed by atoms with Crippen molar-refractivity contribution < 1.29 is 4.74 Å². The maximum atomic E-state index is 5.51. The second-order valence-corrected chi connectivity index (χ2v) is 8.71. The first-order valence-electron chi connectivity index (χ1n) is 11.1. The number of aliphatic imine (C=N–C) groups is 1. The Hall–Kier alpha value is -2.25. The second-order valence-electron chi connectivity index (χ2n) is 7.78. The summed E-state index contributed by atoms with van der Waals surface area (Å²) in [5, 5.41) is 10.6. The summed E-state index contributed by atoms with van der Waals surface area (Å²) in [6.07, 6.45) is 2.26. The molecule has 1 aromatic heterocycles. The second kappa shape index (κ2) is 10.7. The molecule has 2 fully saturated rings. The number of benzene rings is 1. The summed E-state index contributed by atoms with van der Waals surface area (Å²) in [6, 6.07) is 13.4. The summed E-state index contributed by atoms with van der Waals surface area (Å²) >= 11 is 1.83. The van der Waals surface area contributed by atoms with Gasteiger partial charge in [-0.05, 0) is 48.9 Å². The van der Waals surface area contributed by atoms with Crippen molar-refractivity contribution in [1.29, 1.82) is 0 Å². The smallest absolute Gasteiger partial charge is 0.191 e. The van der Waals surface area contributed by atoms with Gasteiger partial charge in [0.2, 0.25) is 0 Å². The fourth-order valence-electron chi connectivity index (χ4n) is 4.13. The van der Waals surface area contributed by atoms with E-state index < -0.39 is 0 Å². The molecule has 0 saturated carbocycles. The van der Waals surface area contributed by atoms with Gasteiger partial charge in [0.05, 0.1) is 24.8 Å². The number of guanidine groups is 1. The van der Waals surface area contributed by atoms with Crippen LogP contribution in [0, 0.1) is 0 Å². The maximum absolute atomic E-state index is 5.51. The lowest BCUT2D eigenvalue weighted by Gasteiger charge is -2.33. The molecule has 4 rings (SSSR count). The summed E-state index contributed by atoms with van der Waals surface area (Å²) < 4.78 is 5.51. The average molecular weight is 428 g/mol. The molecule has 2 aliphatic rings. The van der Waals surface area contributed by atoms with E-state index in [2.05, 4.69) is 69.1 Å². The predicted octanol–water partition coefficient (Wildman–Crippen LogP) is 3.31. The Balaban J connectivity index is 1.36. The van der Waals surface area contributed by atoms with Crippen LogP contribution >= 0.6 is 11.3 Å². The Labute approximate surface area is 183 Å². The number of para-hydroxylation sites is 1. The Morgan fingerprint density at radius 3 is 2.60 bits per heavy atom. The van der Waals surface area contributed by atoms with Crippen molar-refractivity contribution in [3.63, 3.8) is 0 Å². The first kappa shape index (κ1) is 21.0. The van der Waals surface area contributed by atoms with Crippen molar-refractivity contribution in [2.75, 3.05) is 55.7 Å². The number of hydrogen-bond donors (Lipinski definition) is 2. The van der Waals surface area contributed by atoms with Gasteiger partial charge in [-0.25, -0.2) is 4.99 Å². The van der Waals surface area contributed by atoms with Crippen molar-refractivity contribution in [2.45, 2.75) is 32.4 Å². The first-order valence-corrected chi connectivity index (χ1v) is 12.0. The van der Waals surface area contributed by atoms with Crippen LogP contribution in [0.25, 0.3) is 0 Å². The van der Waals surface area contributed by atoms with E-state index in [1.165, 1.54) is 16.3 Å². The standard InChI is InChI=1S/C23H33N5OS/c1-2-24-23(26-20-9-11-28(12-10-20)22-8-5-17-30-22)25-18-19-6-3-4-7-21(19)27-13-15-29-16-14-27/h3-8,17,20H,2,9-16,18H2,1H3,(H2,24,25,26). The van der Waals surface area contributed by atoms with Crippen LogP contribution in [-0.2, 0) is 11.3 Å². The van der Waals surface area contributed by atoms with Crippen molar-refractivity contribution in [2.24, 2.45) is 4.99 Å². The molecule has 0 bridgehead atoms. The van der Waals surface area contributed by atoms with E-state index in [0.29, 0.717) is 12.6 Å². The first-order chi connectivity index (χ1) is 14.8. The highest BCUT2D eigenvalue weighted by molar-refractivity contribution is 7.14. The number of rotatable bonds is 6. The molecule has 0 atom stereocenters. The molecule has 30 heavy (non-hydrogen) atoms. The minimum absolute atomic E-state index is 0.466. The lowest BCUT2D eigenvalue weighted by atomic mass is 10.1. The fraction of sp³-hybridized carbons (Fsp3) is 0.522. The number of nitrogens with one attached hydrogen (secondary N) is 2. The molecule has 0 radical (unpaired) electrons. The minimum Gasteiger partial charge on any atom is -0.378 e. The van der Waals surface area contributed by atoms with Gasteiger partial charge in [0.1, 0.15) is 0 Å². The van der Waals surface area contributed by atoms with E-state index in [-0.39, 0.29) is 0 Å². The van der Waals surface area contributed by atoms with Crippen molar-refractivity contribution in [3.05, 3.63) is 47.3 Å². The number of nitrogens with zero attached hydrogens (tertiary/aromatic N) is 3. The van der Waals surface area contributed by atoms with Gasteiger partial charge in [0.15, 0.2) is 5.96 Å². The number of anilines is 2. The Kier molecular flexibility index (Phi) is 7.48. The largest absolute Gasteiger partial charge is 0.378 e. The molecule has 0 unspecified atom stereocenters. The van der Waals surface area contributed by atoms with Crippen LogP contribution < -0.4 is 20.4 Å². The predicted molar refractivity (Wildman–Crippen MR) is 127 cm³/mol. The Morgan fingerprint density at radius 1 is 1.07 bits per heavy atom.